The van der Waals surface area contributed by atoms with Crippen molar-refractivity contribution >= 4 is 22.4 Å². The molecule has 2 aromatic rings. The molecule has 2 N–H and O–H groups in total. The standard InChI is InChI=1S/C23H29NS/c1-7-20-13-23(24)18(5)12-22(20)10-15(2)14-25-19(6)21-9-8-16(3)17(4)11-21/h8-9,11-14H,6-7,10,24H2,1-5H3/b15-14+. The summed E-state index contributed by atoms with van der Waals surface area (Å²) in [5, 5.41) is 2.22. The average molecular weight is 352 g/mol. The first-order chi connectivity index (χ1) is 11.8. The van der Waals surface area contributed by atoms with Crippen LogP contribution in [-0.2, 0) is 12.8 Å². The molecule has 0 aliphatic carbocycles. The second kappa shape index (κ2) is 8.44. The van der Waals surface area contributed by atoms with Crippen molar-refractivity contribution in [2.24, 2.45) is 0 Å². The van der Waals surface area contributed by atoms with Crippen molar-refractivity contribution < 1.29 is 0 Å². The summed E-state index contributed by atoms with van der Waals surface area (Å²) in [6.45, 7) is 15.0. The van der Waals surface area contributed by atoms with E-state index in [0.717, 1.165) is 29.0 Å². The van der Waals surface area contributed by atoms with Gasteiger partial charge in [-0.15, -0.1) is 0 Å². The molecule has 0 bridgehead atoms. The first kappa shape index (κ1) is 19.4. The smallest absolute Gasteiger partial charge is 0.0346 e. The van der Waals surface area contributed by atoms with E-state index in [4.69, 9.17) is 5.73 Å². The van der Waals surface area contributed by atoms with Crippen molar-refractivity contribution in [1.82, 2.24) is 0 Å². The van der Waals surface area contributed by atoms with Crippen molar-refractivity contribution in [1.29, 1.82) is 0 Å². The zero-order valence-electron chi connectivity index (χ0n) is 16.1. The summed E-state index contributed by atoms with van der Waals surface area (Å²) < 4.78 is 0. The minimum absolute atomic E-state index is 0.889. The van der Waals surface area contributed by atoms with Gasteiger partial charge in [-0.25, -0.2) is 0 Å². The fourth-order valence-electron chi connectivity index (χ4n) is 2.82. The van der Waals surface area contributed by atoms with Crippen LogP contribution in [0.3, 0.4) is 0 Å². The number of aryl methyl sites for hydroxylation is 4. The molecule has 0 aliphatic rings. The van der Waals surface area contributed by atoms with E-state index in [1.165, 1.54) is 33.4 Å². The predicted octanol–water partition coefficient (Wildman–Crippen LogP) is 6.61. The van der Waals surface area contributed by atoms with Gasteiger partial charge in [-0.05, 0) is 85.4 Å². The molecule has 2 heteroatoms. The van der Waals surface area contributed by atoms with Gasteiger partial charge in [-0.2, -0.15) is 0 Å². The van der Waals surface area contributed by atoms with E-state index < -0.39 is 0 Å². The number of nitrogens with two attached hydrogens (primary N) is 1. The van der Waals surface area contributed by atoms with Crippen LogP contribution < -0.4 is 5.73 Å². The van der Waals surface area contributed by atoms with Crippen LogP contribution in [0.5, 0.6) is 0 Å². The monoisotopic (exact) mass is 351 g/mol. The van der Waals surface area contributed by atoms with Crippen LogP contribution in [0.25, 0.3) is 4.91 Å². The van der Waals surface area contributed by atoms with Crippen LogP contribution in [0.4, 0.5) is 5.69 Å². The molecule has 0 fully saturated rings. The summed E-state index contributed by atoms with van der Waals surface area (Å²) in [7, 11) is 0. The number of hydrogen-bond donors (Lipinski definition) is 1. The normalized spacial score (nSPS) is 11.6. The molecule has 0 aromatic heterocycles. The van der Waals surface area contributed by atoms with E-state index in [1.54, 1.807) is 11.8 Å². The third kappa shape index (κ3) is 5.02. The second-order valence-electron chi connectivity index (χ2n) is 6.81. The third-order valence-corrected chi connectivity index (χ3v) is 5.71. The summed E-state index contributed by atoms with van der Waals surface area (Å²) in [6, 6.07) is 10.9. The molecule has 0 saturated carbocycles. The Morgan fingerprint density at radius 1 is 1.04 bits per heavy atom. The maximum atomic E-state index is 6.05. The van der Waals surface area contributed by atoms with E-state index in [9.17, 15) is 0 Å². The first-order valence-electron chi connectivity index (χ1n) is 8.78. The Bertz CT molecular complexity index is 815. The highest BCUT2D eigenvalue weighted by atomic mass is 32.2. The van der Waals surface area contributed by atoms with Crippen molar-refractivity contribution in [2.75, 3.05) is 5.73 Å². The average Bonchev–Trinajstić information content (AvgIpc) is 2.58. The van der Waals surface area contributed by atoms with Gasteiger partial charge in [-0.3, -0.25) is 0 Å². The molecular weight excluding hydrogens is 322 g/mol. The molecule has 0 atom stereocenters. The Morgan fingerprint density at radius 2 is 1.76 bits per heavy atom. The van der Waals surface area contributed by atoms with Gasteiger partial charge in [0.2, 0.25) is 0 Å². The summed E-state index contributed by atoms with van der Waals surface area (Å²) >= 11 is 1.71. The molecule has 0 unspecified atom stereocenters. The van der Waals surface area contributed by atoms with Gasteiger partial charge in [0.1, 0.15) is 0 Å². The zero-order valence-corrected chi connectivity index (χ0v) is 16.9. The molecule has 25 heavy (non-hydrogen) atoms. The van der Waals surface area contributed by atoms with Gasteiger partial charge >= 0.3 is 0 Å². The summed E-state index contributed by atoms with van der Waals surface area (Å²) in [6.07, 6.45) is 1.97. The van der Waals surface area contributed by atoms with E-state index >= 15 is 0 Å². The van der Waals surface area contributed by atoms with Crippen molar-refractivity contribution in [3.63, 3.8) is 0 Å². The molecule has 2 rings (SSSR count). The lowest BCUT2D eigenvalue weighted by molar-refractivity contribution is 1.04. The van der Waals surface area contributed by atoms with E-state index in [2.05, 4.69) is 76.9 Å². The molecule has 132 valence electrons. The van der Waals surface area contributed by atoms with E-state index in [1.807, 2.05) is 0 Å². The summed E-state index contributed by atoms with van der Waals surface area (Å²) in [4.78, 5) is 1.09. The number of hydrogen-bond acceptors (Lipinski definition) is 2. The Balaban J connectivity index is 2.10. The Hall–Kier alpha value is -1.93. The Morgan fingerprint density at radius 3 is 2.40 bits per heavy atom. The van der Waals surface area contributed by atoms with Crippen molar-refractivity contribution in [3.8, 4) is 0 Å². The van der Waals surface area contributed by atoms with Crippen LogP contribution in [-0.4, -0.2) is 0 Å². The summed E-state index contributed by atoms with van der Waals surface area (Å²) in [5.74, 6) is 0. The SMILES string of the molecule is C=C(S/C=C(\C)Cc1cc(C)c(N)cc1CC)c1ccc(C)c(C)c1. The molecule has 0 aliphatic heterocycles. The molecular formula is C23H29NS. The van der Waals surface area contributed by atoms with Gasteiger partial charge in [0.15, 0.2) is 0 Å². The van der Waals surface area contributed by atoms with Gasteiger partial charge in [0.25, 0.3) is 0 Å². The maximum absolute atomic E-state index is 6.05. The minimum Gasteiger partial charge on any atom is -0.399 e. The number of allylic oxidation sites excluding steroid dienone is 1. The van der Waals surface area contributed by atoms with Crippen molar-refractivity contribution in [3.05, 3.63) is 81.3 Å². The number of anilines is 1. The number of thioether (sulfide) groups is 1. The molecule has 0 heterocycles. The fraction of sp³-hybridized carbons (Fsp3) is 0.304. The highest BCUT2D eigenvalue weighted by molar-refractivity contribution is 8.10. The molecule has 1 nitrogen and oxygen atoms in total. The maximum Gasteiger partial charge on any atom is 0.0346 e. The van der Waals surface area contributed by atoms with Gasteiger partial charge in [0, 0.05) is 10.6 Å². The Labute approximate surface area is 157 Å². The van der Waals surface area contributed by atoms with Crippen LogP contribution >= 0.6 is 11.8 Å². The number of benzene rings is 2. The zero-order chi connectivity index (χ0) is 18.6. The minimum atomic E-state index is 0.889. The quantitative estimate of drug-likeness (QED) is 0.593. The number of nitrogen functional groups attached to an aromatic ring is 1. The molecule has 0 saturated heterocycles. The van der Waals surface area contributed by atoms with E-state index in [-0.39, 0.29) is 0 Å². The largest absolute Gasteiger partial charge is 0.399 e. The lowest BCUT2D eigenvalue weighted by atomic mass is 9.96. The van der Waals surface area contributed by atoms with Crippen LogP contribution in [0.1, 0.15) is 47.2 Å². The lowest BCUT2D eigenvalue weighted by Gasteiger charge is -2.12. The highest BCUT2D eigenvalue weighted by Gasteiger charge is 2.06. The molecule has 2 aromatic carbocycles. The summed E-state index contributed by atoms with van der Waals surface area (Å²) in [5.41, 5.74) is 16.0. The predicted molar refractivity (Wildman–Crippen MR) is 115 cm³/mol. The van der Waals surface area contributed by atoms with Crippen LogP contribution in [0.15, 0.2) is 47.9 Å². The van der Waals surface area contributed by atoms with Gasteiger partial charge in [-0.1, -0.05) is 55.1 Å². The van der Waals surface area contributed by atoms with E-state index in [0.29, 0.717) is 0 Å². The molecule has 0 radical (unpaired) electrons. The molecule has 0 amide bonds. The fourth-order valence-corrected chi connectivity index (χ4v) is 3.51. The van der Waals surface area contributed by atoms with Gasteiger partial charge < -0.3 is 5.73 Å². The highest BCUT2D eigenvalue weighted by Crippen LogP contribution is 2.30. The Kier molecular flexibility index (Phi) is 6.55. The third-order valence-electron chi connectivity index (χ3n) is 4.67. The second-order valence-corrected chi connectivity index (χ2v) is 7.78. The van der Waals surface area contributed by atoms with Crippen molar-refractivity contribution in [2.45, 2.75) is 47.5 Å². The van der Waals surface area contributed by atoms with Crippen LogP contribution in [0.2, 0.25) is 0 Å². The topological polar surface area (TPSA) is 26.0 Å². The lowest BCUT2D eigenvalue weighted by Crippen LogP contribution is -1.99. The van der Waals surface area contributed by atoms with Gasteiger partial charge in [0.05, 0.1) is 0 Å². The number of rotatable bonds is 6. The molecule has 0 spiro atoms. The van der Waals surface area contributed by atoms with Crippen LogP contribution in [0, 0.1) is 20.8 Å². The first-order valence-corrected chi connectivity index (χ1v) is 9.66.